The van der Waals surface area contributed by atoms with Crippen molar-refractivity contribution < 1.29 is 9.90 Å². The molecule has 22 heavy (non-hydrogen) atoms. The summed E-state index contributed by atoms with van der Waals surface area (Å²) in [5.41, 5.74) is 1.86. The average molecular weight is 408 g/mol. The Morgan fingerprint density at radius 2 is 1.59 bits per heavy atom. The van der Waals surface area contributed by atoms with E-state index in [1.165, 1.54) is 0 Å². The molecule has 1 N–H and O–H groups in total. The Morgan fingerprint density at radius 1 is 0.955 bits per heavy atom. The molecule has 1 aliphatic heterocycles. The lowest BCUT2D eigenvalue weighted by atomic mass is 10.1. The minimum absolute atomic E-state index is 0.107. The van der Waals surface area contributed by atoms with E-state index in [4.69, 9.17) is 0 Å². The first-order valence-electron chi connectivity index (χ1n) is 7.23. The third kappa shape index (κ3) is 3.19. The fraction of sp³-hybridized carbons (Fsp3) is 0.235. The van der Waals surface area contributed by atoms with Crippen molar-refractivity contribution in [2.75, 3.05) is 31.1 Å². The molecule has 3 rings (SSSR count). The maximum Gasteiger partial charge on any atom is 0.255 e. The van der Waals surface area contributed by atoms with E-state index in [0.29, 0.717) is 13.1 Å². The largest absolute Gasteiger partial charge is 0.508 e. The van der Waals surface area contributed by atoms with E-state index < -0.39 is 0 Å². The predicted molar refractivity (Wildman–Crippen MR) is 95.4 cm³/mol. The summed E-state index contributed by atoms with van der Waals surface area (Å²) < 4.78 is 0.992. The highest BCUT2D eigenvalue weighted by atomic mass is 127. The van der Waals surface area contributed by atoms with Crippen LogP contribution < -0.4 is 4.90 Å². The Bertz CT molecular complexity index is 665. The third-order valence-corrected chi connectivity index (χ3v) is 4.83. The van der Waals surface area contributed by atoms with Crippen LogP contribution in [0.3, 0.4) is 0 Å². The van der Waals surface area contributed by atoms with Crippen LogP contribution in [-0.4, -0.2) is 42.1 Å². The van der Waals surface area contributed by atoms with Gasteiger partial charge in [0, 0.05) is 35.4 Å². The maximum absolute atomic E-state index is 12.6. The molecule has 0 aliphatic carbocycles. The highest BCUT2D eigenvalue weighted by Gasteiger charge is 2.23. The highest BCUT2D eigenvalue weighted by molar-refractivity contribution is 14.1. The van der Waals surface area contributed by atoms with Crippen LogP contribution in [0.15, 0.2) is 48.5 Å². The zero-order chi connectivity index (χ0) is 15.5. The van der Waals surface area contributed by atoms with Crippen LogP contribution in [-0.2, 0) is 0 Å². The number of phenols is 1. The summed E-state index contributed by atoms with van der Waals surface area (Å²) in [6, 6.07) is 14.9. The minimum atomic E-state index is 0.107. The number of carbonyl (C=O) groups is 1. The maximum atomic E-state index is 12.6. The molecule has 4 nitrogen and oxygen atoms in total. The number of aromatic hydroxyl groups is 1. The number of anilines is 1. The Kier molecular flexibility index (Phi) is 4.52. The van der Waals surface area contributed by atoms with Crippen LogP contribution in [0, 0.1) is 3.57 Å². The van der Waals surface area contributed by atoms with Crippen LogP contribution in [0.4, 0.5) is 5.69 Å². The molecule has 0 unspecified atom stereocenters. The monoisotopic (exact) mass is 408 g/mol. The second kappa shape index (κ2) is 6.56. The molecule has 2 aromatic rings. The molecule has 1 amide bonds. The summed E-state index contributed by atoms with van der Waals surface area (Å²) in [6.45, 7) is 3.04. The number of phenolic OH excluding ortho intramolecular Hbond substituents is 1. The van der Waals surface area contributed by atoms with Crippen molar-refractivity contribution in [3.05, 3.63) is 57.7 Å². The van der Waals surface area contributed by atoms with Gasteiger partial charge in [-0.1, -0.05) is 12.1 Å². The lowest BCUT2D eigenvalue weighted by Gasteiger charge is -2.36. The fourth-order valence-electron chi connectivity index (χ4n) is 2.64. The quantitative estimate of drug-likeness (QED) is 0.778. The highest BCUT2D eigenvalue weighted by Crippen LogP contribution is 2.21. The van der Waals surface area contributed by atoms with Gasteiger partial charge in [-0.05, 0) is 59.0 Å². The van der Waals surface area contributed by atoms with Gasteiger partial charge in [0.1, 0.15) is 5.75 Å². The van der Waals surface area contributed by atoms with Gasteiger partial charge >= 0.3 is 0 Å². The van der Waals surface area contributed by atoms with Gasteiger partial charge in [0.25, 0.3) is 5.91 Å². The Hall–Kier alpha value is -1.76. The lowest BCUT2D eigenvalue weighted by molar-refractivity contribution is 0.0745. The van der Waals surface area contributed by atoms with Crippen molar-refractivity contribution in [1.82, 2.24) is 4.90 Å². The van der Waals surface area contributed by atoms with E-state index in [-0.39, 0.29) is 11.7 Å². The van der Waals surface area contributed by atoms with Gasteiger partial charge in [-0.25, -0.2) is 0 Å². The first kappa shape index (κ1) is 15.1. The van der Waals surface area contributed by atoms with E-state index in [1.54, 1.807) is 12.1 Å². The number of nitrogens with zero attached hydrogens (tertiary/aromatic N) is 2. The van der Waals surface area contributed by atoms with Gasteiger partial charge in [0.05, 0.1) is 5.56 Å². The normalized spacial score (nSPS) is 15.0. The summed E-state index contributed by atoms with van der Waals surface area (Å²) in [4.78, 5) is 16.7. The molecular weight excluding hydrogens is 391 g/mol. The van der Waals surface area contributed by atoms with Crippen LogP contribution in [0.5, 0.6) is 5.75 Å². The topological polar surface area (TPSA) is 43.8 Å². The summed E-state index contributed by atoms with van der Waals surface area (Å²) in [7, 11) is 0. The molecule has 0 saturated carbocycles. The van der Waals surface area contributed by atoms with E-state index in [0.717, 1.165) is 27.9 Å². The molecule has 0 bridgehead atoms. The van der Waals surface area contributed by atoms with Crippen LogP contribution in [0.2, 0.25) is 0 Å². The van der Waals surface area contributed by atoms with Gasteiger partial charge in [0.15, 0.2) is 0 Å². The fourth-order valence-corrected chi connectivity index (χ4v) is 3.25. The van der Waals surface area contributed by atoms with Crippen molar-refractivity contribution in [3.8, 4) is 5.75 Å². The van der Waals surface area contributed by atoms with Gasteiger partial charge in [-0.15, -0.1) is 0 Å². The Labute approximate surface area is 143 Å². The lowest BCUT2D eigenvalue weighted by Crippen LogP contribution is -2.48. The molecule has 0 atom stereocenters. The molecule has 1 saturated heterocycles. The molecular formula is C17H17IN2O2. The first-order chi connectivity index (χ1) is 10.6. The molecule has 5 heteroatoms. The summed E-state index contributed by atoms with van der Waals surface area (Å²) in [5, 5.41) is 9.35. The number of carbonyl (C=O) groups excluding carboxylic acids is 1. The second-order valence-electron chi connectivity index (χ2n) is 5.28. The first-order valence-corrected chi connectivity index (χ1v) is 8.31. The van der Waals surface area contributed by atoms with Crippen LogP contribution in [0.1, 0.15) is 10.4 Å². The van der Waals surface area contributed by atoms with E-state index in [9.17, 15) is 9.90 Å². The van der Waals surface area contributed by atoms with Gasteiger partial charge in [-0.2, -0.15) is 0 Å². The Balaban J connectivity index is 1.65. The predicted octanol–water partition coefficient (Wildman–Crippen LogP) is 2.96. The number of hydrogen-bond acceptors (Lipinski definition) is 3. The van der Waals surface area contributed by atoms with Gasteiger partial charge < -0.3 is 14.9 Å². The van der Waals surface area contributed by atoms with Crippen molar-refractivity contribution >= 4 is 34.2 Å². The van der Waals surface area contributed by atoms with Crippen molar-refractivity contribution in [3.63, 3.8) is 0 Å². The Morgan fingerprint density at radius 3 is 2.23 bits per heavy atom. The summed E-state index contributed by atoms with van der Waals surface area (Å²) in [6.07, 6.45) is 0. The van der Waals surface area contributed by atoms with Crippen molar-refractivity contribution in [2.45, 2.75) is 0 Å². The molecule has 0 radical (unpaired) electrons. The molecule has 0 spiro atoms. The molecule has 114 valence electrons. The zero-order valence-electron chi connectivity index (χ0n) is 12.1. The number of amides is 1. The van der Waals surface area contributed by atoms with E-state index in [1.807, 2.05) is 41.3 Å². The summed E-state index contributed by atoms with van der Waals surface area (Å²) in [5.74, 6) is 0.381. The number of hydrogen-bond donors (Lipinski definition) is 1. The second-order valence-corrected chi connectivity index (χ2v) is 6.44. The molecule has 2 aromatic carbocycles. The van der Waals surface area contributed by atoms with Gasteiger partial charge in [-0.3, -0.25) is 4.79 Å². The SMILES string of the molecule is O=C(c1ccccc1I)N1CCN(c2ccc(O)cc2)CC1. The van der Waals surface area contributed by atoms with E-state index in [2.05, 4.69) is 27.5 Å². The average Bonchev–Trinajstić information content (AvgIpc) is 2.56. The minimum Gasteiger partial charge on any atom is -0.508 e. The van der Waals surface area contributed by atoms with Crippen molar-refractivity contribution in [1.29, 1.82) is 0 Å². The van der Waals surface area contributed by atoms with Crippen molar-refractivity contribution in [2.24, 2.45) is 0 Å². The number of rotatable bonds is 2. The third-order valence-electron chi connectivity index (χ3n) is 3.89. The molecule has 0 aromatic heterocycles. The van der Waals surface area contributed by atoms with E-state index >= 15 is 0 Å². The summed E-state index contributed by atoms with van der Waals surface area (Å²) >= 11 is 2.21. The van der Waals surface area contributed by atoms with Crippen LogP contribution in [0.25, 0.3) is 0 Å². The van der Waals surface area contributed by atoms with Gasteiger partial charge in [0.2, 0.25) is 0 Å². The smallest absolute Gasteiger partial charge is 0.255 e. The number of piperazine rings is 1. The number of halogens is 1. The molecule has 1 heterocycles. The van der Waals surface area contributed by atoms with Crippen LogP contribution >= 0.6 is 22.6 Å². The number of benzene rings is 2. The molecule has 1 aliphatic rings. The zero-order valence-corrected chi connectivity index (χ0v) is 14.2. The standard InChI is InChI=1S/C17H17IN2O2/c18-16-4-2-1-3-15(16)17(22)20-11-9-19(10-12-20)13-5-7-14(21)8-6-13/h1-8,21H,9-12H2. The molecule has 1 fully saturated rings.